The molecule has 9 nitrogen and oxygen atoms in total. The van der Waals surface area contributed by atoms with Crippen LogP contribution in [0.2, 0.25) is 0 Å². The lowest BCUT2D eigenvalue weighted by Crippen LogP contribution is -2.37. The van der Waals surface area contributed by atoms with E-state index in [4.69, 9.17) is 18.5 Å². The van der Waals surface area contributed by atoms with Gasteiger partial charge < -0.3 is 18.9 Å². The van der Waals surface area contributed by atoms with Crippen molar-refractivity contribution in [2.45, 2.75) is 213 Å². The van der Waals surface area contributed by atoms with Crippen molar-refractivity contribution >= 4 is 19.8 Å². The minimum atomic E-state index is -4.37. The first kappa shape index (κ1) is 52.8. The van der Waals surface area contributed by atoms with E-state index in [2.05, 4.69) is 26.0 Å². The number of phosphoric acid groups is 1. The highest BCUT2D eigenvalue weighted by Gasteiger charge is 2.27. The van der Waals surface area contributed by atoms with E-state index in [0.29, 0.717) is 23.9 Å². The molecule has 0 heterocycles. The fraction of sp³-hybridized carbons (Fsp3) is 0.909. The summed E-state index contributed by atoms with van der Waals surface area (Å²) >= 11 is 0. The smallest absolute Gasteiger partial charge is 0.462 e. The fourth-order valence-electron chi connectivity index (χ4n) is 6.24. The Morgan fingerprint density at radius 3 is 1.37 bits per heavy atom. The molecule has 0 aromatic carbocycles. The van der Waals surface area contributed by atoms with E-state index in [1.54, 1.807) is 0 Å². The van der Waals surface area contributed by atoms with Crippen LogP contribution in [0.3, 0.4) is 0 Å². The van der Waals surface area contributed by atoms with Gasteiger partial charge in [0.05, 0.1) is 27.7 Å². The topological polar surface area (TPSA) is 108 Å². The molecular weight excluding hydrogens is 701 g/mol. The maximum absolute atomic E-state index is 12.7. The summed E-state index contributed by atoms with van der Waals surface area (Å²) < 4.78 is 34.3. The summed E-state index contributed by atoms with van der Waals surface area (Å²) in [5.41, 5.74) is 0. The van der Waals surface area contributed by atoms with Gasteiger partial charge in [0.1, 0.15) is 19.8 Å². The van der Waals surface area contributed by atoms with Gasteiger partial charge in [0.15, 0.2) is 6.10 Å². The number of hydrogen-bond acceptors (Lipinski definition) is 7. The lowest BCUT2D eigenvalue weighted by molar-refractivity contribution is -0.870. The van der Waals surface area contributed by atoms with Crippen LogP contribution < -0.4 is 0 Å². The molecular formula is C44H87NO8P+. The molecule has 0 aliphatic rings. The van der Waals surface area contributed by atoms with E-state index in [1.807, 2.05) is 21.1 Å². The summed E-state index contributed by atoms with van der Waals surface area (Å²) in [6.45, 7) is 4.43. The first-order valence-corrected chi connectivity index (χ1v) is 23.9. The van der Waals surface area contributed by atoms with Crippen LogP contribution in [0.15, 0.2) is 12.2 Å². The third-order valence-corrected chi connectivity index (χ3v) is 10.8. The molecule has 0 aliphatic heterocycles. The summed E-state index contributed by atoms with van der Waals surface area (Å²) in [6, 6.07) is 0. The van der Waals surface area contributed by atoms with Crippen LogP contribution in [0.5, 0.6) is 0 Å². The highest BCUT2D eigenvalue weighted by Crippen LogP contribution is 2.43. The quantitative estimate of drug-likeness (QED) is 0.0214. The molecule has 0 spiro atoms. The van der Waals surface area contributed by atoms with E-state index in [1.165, 1.54) is 122 Å². The SMILES string of the molecule is CCCCCCCC/C=C/CCCCCCCC(=O)O[C@@H](COC(=O)CCCCCCCCCCCCCCCCC)COP(=O)(O)OCC[N+](C)(C)C. The highest BCUT2D eigenvalue weighted by atomic mass is 31.2. The van der Waals surface area contributed by atoms with Crippen molar-refractivity contribution in [3.05, 3.63) is 12.2 Å². The van der Waals surface area contributed by atoms with Gasteiger partial charge in [-0.1, -0.05) is 167 Å². The van der Waals surface area contributed by atoms with Crippen LogP contribution >= 0.6 is 7.82 Å². The molecule has 0 saturated heterocycles. The number of hydrogen-bond donors (Lipinski definition) is 1. The van der Waals surface area contributed by atoms with E-state index in [0.717, 1.165) is 51.4 Å². The van der Waals surface area contributed by atoms with Gasteiger partial charge in [-0.3, -0.25) is 18.6 Å². The number of quaternary nitrogens is 1. The molecule has 0 aromatic rings. The number of nitrogens with zero attached hydrogens (tertiary/aromatic N) is 1. The van der Waals surface area contributed by atoms with Crippen LogP contribution in [-0.4, -0.2) is 74.9 Å². The van der Waals surface area contributed by atoms with Gasteiger partial charge in [-0.25, -0.2) is 4.57 Å². The van der Waals surface area contributed by atoms with Crippen molar-refractivity contribution in [3.8, 4) is 0 Å². The van der Waals surface area contributed by atoms with Crippen molar-refractivity contribution < 1.29 is 42.1 Å². The van der Waals surface area contributed by atoms with Crippen LogP contribution in [0.1, 0.15) is 206 Å². The Morgan fingerprint density at radius 2 is 0.944 bits per heavy atom. The molecule has 0 aliphatic carbocycles. The van der Waals surface area contributed by atoms with Gasteiger partial charge in [-0.05, 0) is 38.5 Å². The number of carbonyl (C=O) groups excluding carboxylic acids is 2. The van der Waals surface area contributed by atoms with Gasteiger partial charge in [-0.15, -0.1) is 0 Å². The molecule has 54 heavy (non-hydrogen) atoms. The predicted octanol–water partition coefficient (Wildman–Crippen LogP) is 12.6. The van der Waals surface area contributed by atoms with Gasteiger partial charge >= 0.3 is 19.8 Å². The van der Waals surface area contributed by atoms with Crippen LogP contribution in [0, 0.1) is 0 Å². The minimum absolute atomic E-state index is 0.0332. The van der Waals surface area contributed by atoms with Crippen molar-refractivity contribution in [3.63, 3.8) is 0 Å². The average Bonchev–Trinajstić information content (AvgIpc) is 3.12. The predicted molar refractivity (Wildman–Crippen MR) is 224 cm³/mol. The summed E-state index contributed by atoms with van der Waals surface area (Å²) in [6.07, 6.45) is 38.2. The number of carbonyl (C=O) groups is 2. The number of ether oxygens (including phenoxy) is 2. The van der Waals surface area contributed by atoms with Gasteiger partial charge in [0.2, 0.25) is 0 Å². The minimum Gasteiger partial charge on any atom is -0.462 e. The standard InChI is InChI=1S/C44H86NO8P/c1-6-8-10-12-14-16-18-20-22-24-26-28-30-32-34-36-43(46)50-40-42(41-52-54(48,49)51-39-38-45(3,4)5)53-44(47)37-35-33-31-29-27-25-23-21-19-17-15-13-11-9-7-2/h21,23,42H,6-20,22,24-41H2,1-5H3/p+1/b23-21+/t42-/m0/s1. The Balaban J connectivity index is 4.34. The Morgan fingerprint density at radius 1 is 0.556 bits per heavy atom. The van der Waals surface area contributed by atoms with Crippen LogP contribution in [0.25, 0.3) is 0 Å². The molecule has 10 heteroatoms. The monoisotopic (exact) mass is 789 g/mol. The first-order chi connectivity index (χ1) is 26.0. The van der Waals surface area contributed by atoms with E-state index >= 15 is 0 Å². The molecule has 0 radical (unpaired) electrons. The van der Waals surface area contributed by atoms with E-state index < -0.39 is 26.5 Å². The lowest BCUT2D eigenvalue weighted by atomic mass is 10.0. The molecule has 0 amide bonds. The zero-order valence-electron chi connectivity index (χ0n) is 36.0. The Kier molecular flexibility index (Phi) is 36.5. The van der Waals surface area contributed by atoms with Crippen molar-refractivity contribution in [2.75, 3.05) is 47.5 Å². The van der Waals surface area contributed by atoms with Gasteiger partial charge in [-0.2, -0.15) is 0 Å². The largest absolute Gasteiger partial charge is 0.472 e. The van der Waals surface area contributed by atoms with Crippen molar-refractivity contribution in [1.82, 2.24) is 0 Å². The van der Waals surface area contributed by atoms with Crippen LogP contribution in [0.4, 0.5) is 0 Å². The van der Waals surface area contributed by atoms with E-state index in [9.17, 15) is 19.0 Å². The third kappa shape index (κ3) is 40.4. The van der Waals surface area contributed by atoms with Crippen molar-refractivity contribution in [1.29, 1.82) is 0 Å². The number of likely N-dealkylation sites (N-methyl/N-ethyl adjacent to an activating group) is 1. The summed E-state index contributed by atoms with van der Waals surface area (Å²) in [7, 11) is 1.48. The molecule has 1 unspecified atom stereocenters. The summed E-state index contributed by atoms with van der Waals surface area (Å²) in [5, 5.41) is 0. The Bertz CT molecular complexity index is 938. The molecule has 0 fully saturated rings. The van der Waals surface area contributed by atoms with Gasteiger partial charge in [0.25, 0.3) is 0 Å². The maximum Gasteiger partial charge on any atom is 0.472 e. The Labute approximate surface area is 333 Å². The molecule has 0 saturated carbocycles. The second-order valence-electron chi connectivity index (χ2n) is 16.4. The maximum atomic E-state index is 12.7. The molecule has 0 aromatic heterocycles. The number of phosphoric ester groups is 1. The molecule has 1 N–H and O–H groups in total. The number of unbranched alkanes of at least 4 members (excludes halogenated alkanes) is 25. The zero-order valence-corrected chi connectivity index (χ0v) is 36.9. The number of rotatable bonds is 41. The molecule has 2 atom stereocenters. The molecule has 0 bridgehead atoms. The van der Waals surface area contributed by atoms with Gasteiger partial charge in [0, 0.05) is 12.8 Å². The second kappa shape index (κ2) is 37.3. The van der Waals surface area contributed by atoms with Crippen LogP contribution in [-0.2, 0) is 32.7 Å². The Hall–Kier alpha value is -1.25. The van der Waals surface area contributed by atoms with E-state index in [-0.39, 0.29) is 25.6 Å². The average molecular weight is 789 g/mol. The number of esters is 2. The lowest BCUT2D eigenvalue weighted by Gasteiger charge is -2.24. The fourth-order valence-corrected chi connectivity index (χ4v) is 6.99. The highest BCUT2D eigenvalue weighted by molar-refractivity contribution is 7.47. The normalized spacial score (nSPS) is 13.7. The number of allylic oxidation sites excluding steroid dienone is 2. The zero-order chi connectivity index (χ0) is 40.0. The molecule has 320 valence electrons. The first-order valence-electron chi connectivity index (χ1n) is 22.4. The van der Waals surface area contributed by atoms with Crippen molar-refractivity contribution in [2.24, 2.45) is 0 Å². The molecule has 0 rings (SSSR count). The second-order valence-corrected chi connectivity index (χ2v) is 17.9. The summed E-state index contributed by atoms with van der Waals surface area (Å²) in [5.74, 6) is -0.798. The summed E-state index contributed by atoms with van der Waals surface area (Å²) in [4.78, 5) is 35.3. The third-order valence-electron chi connectivity index (χ3n) is 9.80.